The van der Waals surface area contributed by atoms with Crippen LogP contribution in [-0.2, 0) is 0 Å². The molecule has 0 radical (unpaired) electrons. The summed E-state index contributed by atoms with van der Waals surface area (Å²) in [6, 6.07) is 0. The van der Waals surface area contributed by atoms with E-state index < -0.39 is 0 Å². The van der Waals surface area contributed by atoms with Crippen molar-refractivity contribution in [1.82, 2.24) is 4.67 Å². The molecule has 2 heteroatoms. The normalized spacial score (nSPS) is 15.7. The number of allylic oxidation sites excluding steroid dienone is 2. The molecule has 0 aromatic heterocycles. The molecule has 0 saturated heterocycles. The molecule has 6 heavy (non-hydrogen) atoms. The average Bonchev–Trinajstić information content (AvgIpc) is 1.86. The van der Waals surface area contributed by atoms with Crippen molar-refractivity contribution in [2.24, 2.45) is 5.73 Å². The third kappa shape index (κ3) is 0.330. The van der Waals surface area contributed by atoms with Crippen LogP contribution in [0.5, 0.6) is 0 Å². The first-order valence-electron chi connectivity index (χ1n) is 1.72. The van der Waals surface area contributed by atoms with Gasteiger partial charge in [-0.3, -0.25) is 0 Å². The van der Waals surface area contributed by atoms with Crippen LogP contribution < -0.4 is 10.4 Å². The van der Waals surface area contributed by atoms with Gasteiger partial charge >= 0.3 is 6.21 Å². The predicted octanol–water partition coefficient (Wildman–Crippen LogP) is -0.949. The highest BCUT2D eigenvalue weighted by molar-refractivity contribution is 5.92. The summed E-state index contributed by atoms with van der Waals surface area (Å²) < 4.78 is 3.70. The molecule has 0 aromatic rings. The molecule has 2 N–H and O–H groups in total. The Balaban J connectivity index is 2.88. The highest BCUT2D eigenvalue weighted by Gasteiger charge is 1.93. The van der Waals surface area contributed by atoms with E-state index in [0.717, 1.165) is 5.70 Å². The largest absolute Gasteiger partial charge is 0.393 e. The van der Waals surface area contributed by atoms with Crippen molar-refractivity contribution < 1.29 is 0 Å². The molecule has 0 unspecified atom stereocenters. The highest BCUT2D eigenvalue weighted by Crippen LogP contribution is 1.72. The lowest BCUT2D eigenvalue weighted by Gasteiger charge is -1.64. The van der Waals surface area contributed by atoms with Gasteiger partial charge in [0.15, 0.2) is 0 Å². The van der Waals surface area contributed by atoms with E-state index in [0.29, 0.717) is 0 Å². The predicted molar refractivity (Wildman–Crippen MR) is 26.5 cm³/mol. The van der Waals surface area contributed by atoms with Gasteiger partial charge in [0.2, 0.25) is 0 Å². The van der Waals surface area contributed by atoms with Gasteiger partial charge in [0.05, 0.1) is 6.08 Å². The summed E-state index contributed by atoms with van der Waals surface area (Å²) in [5.74, 6) is 0. The molecule has 0 aliphatic carbocycles. The zero-order valence-electron chi connectivity index (χ0n) is 3.26. The number of nitrogens with zero attached hydrogens (tertiary/aromatic N) is 1. The maximum absolute atomic E-state index is 5.22. The van der Waals surface area contributed by atoms with Crippen LogP contribution in [0.15, 0.2) is 11.8 Å². The third-order valence-corrected chi connectivity index (χ3v) is 0.577. The summed E-state index contributed by atoms with van der Waals surface area (Å²) in [4.78, 5) is 0. The lowest BCUT2D eigenvalue weighted by molar-refractivity contribution is 1.53. The van der Waals surface area contributed by atoms with Crippen molar-refractivity contribution in [2.45, 2.75) is 0 Å². The SMILES string of the molecule is NC1=CC=[N+]=C1. The fraction of sp³-hybridized carbons (Fsp3) is 0. The van der Waals surface area contributed by atoms with Gasteiger partial charge in [-0.25, -0.2) is 0 Å². The Hall–Kier alpha value is -1.01. The molecule has 0 saturated carbocycles. The van der Waals surface area contributed by atoms with E-state index in [1.807, 2.05) is 0 Å². The van der Waals surface area contributed by atoms with Crippen molar-refractivity contribution in [1.29, 1.82) is 0 Å². The molecule has 0 fully saturated rings. The van der Waals surface area contributed by atoms with Gasteiger partial charge in [0.1, 0.15) is 5.70 Å². The summed E-state index contributed by atoms with van der Waals surface area (Å²) in [5, 5.41) is 0. The first-order chi connectivity index (χ1) is 2.89. The summed E-state index contributed by atoms with van der Waals surface area (Å²) >= 11 is 0. The molecule has 2 nitrogen and oxygen atoms in total. The van der Waals surface area contributed by atoms with Crippen molar-refractivity contribution in [3.63, 3.8) is 0 Å². The van der Waals surface area contributed by atoms with Gasteiger partial charge in [0.25, 0.3) is 6.21 Å². The van der Waals surface area contributed by atoms with Crippen molar-refractivity contribution in [3.8, 4) is 0 Å². The standard InChI is InChI=1S/C4H4N2/c5-4-1-2-6-3-4/h1-3,5H/p+1. The molecular weight excluding hydrogens is 76.1 g/mol. The summed E-state index contributed by atoms with van der Waals surface area (Å²) in [5.41, 5.74) is 5.95. The van der Waals surface area contributed by atoms with Gasteiger partial charge in [-0.2, -0.15) is 0 Å². The number of hydrogen-bond donors (Lipinski definition) is 1. The van der Waals surface area contributed by atoms with Crippen LogP contribution in [0.3, 0.4) is 0 Å². The molecular formula is C4H5N2+. The second kappa shape index (κ2) is 0.994. The van der Waals surface area contributed by atoms with Crippen LogP contribution >= 0.6 is 0 Å². The smallest absolute Gasteiger partial charge is 0.315 e. The number of nitrogens with two attached hydrogens (primary N) is 1. The lowest BCUT2D eigenvalue weighted by Crippen LogP contribution is -1.94. The first-order valence-corrected chi connectivity index (χ1v) is 1.72. The molecule has 1 aliphatic heterocycles. The van der Waals surface area contributed by atoms with Crippen molar-refractivity contribution >= 4 is 12.4 Å². The van der Waals surface area contributed by atoms with Crippen LogP contribution in [0.2, 0.25) is 0 Å². The van der Waals surface area contributed by atoms with E-state index in [1.54, 1.807) is 18.5 Å². The Morgan fingerprint density at radius 2 is 2.50 bits per heavy atom. The van der Waals surface area contributed by atoms with Gasteiger partial charge in [-0.05, 0) is 0 Å². The fourth-order valence-electron chi connectivity index (χ4n) is 0.301. The Kier molecular flexibility index (Phi) is 0.529. The fourth-order valence-corrected chi connectivity index (χ4v) is 0.301. The van der Waals surface area contributed by atoms with Gasteiger partial charge in [0, 0.05) is 0 Å². The van der Waals surface area contributed by atoms with E-state index >= 15 is 0 Å². The Morgan fingerprint density at radius 3 is 2.67 bits per heavy atom. The monoisotopic (exact) mass is 81.0 g/mol. The van der Waals surface area contributed by atoms with Crippen LogP contribution in [0, 0.1) is 0 Å². The van der Waals surface area contributed by atoms with Crippen LogP contribution in [0.1, 0.15) is 0 Å². The highest BCUT2D eigenvalue weighted by atomic mass is 14.7. The number of rotatable bonds is 0. The molecule has 0 aromatic carbocycles. The van der Waals surface area contributed by atoms with E-state index in [2.05, 4.69) is 4.67 Å². The minimum Gasteiger partial charge on any atom is -0.393 e. The average molecular weight is 81.1 g/mol. The van der Waals surface area contributed by atoms with Crippen LogP contribution in [0.25, 0.3) is 0 Å². The Morgan fingerprint density at radius 1 is 1.67 bits per heavy atom. The molecule has 0 atom stereocenters. The molecule has 1 aliphatic rings. The summed E-state index contributed by atoms with van der Waals surface area (Å²) in [7, 11) is 0. The lowest BCUT2D eigenvalue weighted by atomic mass is 10.5. The second-order valence-electron chi connectivity index (χ2n) is 1.09. The Labute approximate surface area is 35.7 Å². The minimum atomic E-state index is 0.731. The maximum Gasteiger partial charge on any atom is 0.315 e. The zero-order chi connectivity index (χ0) is 4.41. The number of hydrogen-bond acceptors (Lipinski definition) is 1. The zero-order valence-corrected chi connectivity index (χ0v) is 3.26. The molecule has 1 rings (SSSR count). The van der Waals surface area contributed by atoms with E-state index in [-0.39, 0.29) is 0 Å². The summed E-state index contributed by atoms with van der Waals surface area (Å²) in [6.07, 6.45) is 5.02. The Bertz CT molecular complexity index is 138. The van der Waals surface area contributed by atoms with Gasteiger partial charge < -0.3 is 5.73 Å². The molecule has 30 valence electrons. The molecule has 0 spiro atoms. The van der Waals surface area contributed by atoms with E-state index in [4.69, 9.17) is 5.73 Å². The van der Waals surface area contributed by atoms with Gasteiger partial charge in [-0.15, -0.1) is 0 Å². The second-order valence-corrected chi connectivity index (χ2v) is 1.09. The maximum atomic E-state index is 5.22. The first kappa shape index (κ1) is 3.19. The summed E-state index contributed by atoms with van der Waals surface area (Å²) in [6.45, 7) is 0. The van der Waals surface area contributed by atoms with Crippen LogP contribution in [-0.4, -0.2) is 12.4 Å². The van der Waals surface area contributed by atoms with Crippen LogP contribution in [0.4, 0.5) is 0 Å². The topological polar surface area (TPSA) is 40.1 Å². The third-order valence-electron chi connectivity index (χ3n) is 0.577. The van der Waals surface area contributed by atoms with E-state index in [1.165, 1.54) is 0 Å². The molecule has 0 amide bonds. The minimum absolute atomic E-state index is 0.731. The molecule has 1 heterocycles. The van der Waals surface area contributed by atoms with Crippen molar-refractivity contribution in [3.05, 3.63) is 11.8 Å². The quantitative estimate of drug-likeness (QED) is 0.375. The van der Waals surface area contributed by atoms with E-state index in [9.17, 15) is 0 Å². The van der Waals surface area contributed by atoms with Gasteiger partial charge in [-0.1, -0.05) is 4.67 Å². The molecule has 0 bridgehead atoms. The van der Waals surface area contributed by atoms with Crippen molar-refractivity contribution in [2.75, 3.05) is 0 Å².